The highest BCUT2D eigenvalue weighted by atomic mass is 35.5. The molecule has 1 aromatic carbocycles. The number of alkyl halides is 2. The summed E-state index contributed by atoms with van der Waals surface area (Å²) >= 11 is 5.98. The molecule has 2 heterocycles. The van der Waals surface area contributed by atoms with Crippen molar-refractivity contribution in [1.29, 1.82) is 0 Å². The number of carbonyl (C=O) groups excluding carboxylic acids is 1. The molecule has 2 aromatic heterocycles. The molecule has 25 heavy (non-hydrogen) atoms. The molecule has 6 nitrogen and oxygen atoms in total. The third kappa shape index (κ3) is 4.16. The van der Waals surface area contributed by atoms with Gasteiger partial charge in [-0.1, -0.05) is 23.7 Å². The van der Waals surface area contributed by atoms with E-state index in [4.69, 9.17) is 11.6 Å². The number of pyridine rings is 1. The van der Waals surface area contributed by atoms with E-state index >= 15 is 0 Å². The Morgan fingerprint density at radius 3 is 2.80 bits per heavy atom. The minimum atomic E-state index is -3.00. The number of halogens is 3. The van der Waals surface area contributed by atoms with Crippen molar-refractivity contribution in [3.8, 4) is 17.0 Å². The Morgan fingerprint density at radius 1 is 1.28 bits per heavy atom. The first-order valence-electron chi connectivity index (χ1n) is 7.09. The van der Waals surface area contributed by atoms with Crippen LogP contribution in [0.5, 0.6) is 5.88 Å². The van der Waals surface area contributed by atoms with Crippen LogP contribution in [0.3, 0.4) is 0 Å². The molecule has 0 fully saturated rings. The van der Waals surface area contributed by atoms with Crippen molar-refractivity contribution < 1.29 is 18.3 Å². The number of benzene rings is 1. The number of aromatic nitrogens is 4. The quantitative estimate of drug-likeness (QED) is 0.626. The molecule has 0 aliphatic carbocycles. The smallest absolute Gasteiger partial charge is 0.388 e. The van der Waals surface area contributed by atoms with E-state index in [-0.39, 0.29) is 18.2 Å². The molecule has 0 aliphatic heterocycles. The van der Waals surface area contributed by atoms with Crippen LogP contribution in [-0.4, -0.2) is 32.6 Å². The van der Waals surface area contributed by atoms with Gasteiger partial charge in [0.05, 0.1) is 6.54 Å². The van der Waals surface area contributed by atoms with Crippen LogP contribution in [0.15, 0.2) is 42.9 Å². The molecule has 9 heteroatoms. The van der Waals surface area contributed by atoms with Gasteiger partial charge in [-0.25, -0.2) is 14.6 Å². The molecular formula is C16H11ClF2N4O2. The summed E-state index contributed by atoms with van der Waals surface area (Å²) in [7, 11) is 0. The van der Waals surface area contributed by atoms with Crippen molar-refractivity contribution in [2.24, 2.45) is 0 Å². The van der Waals surface area contributed by atoms with Crippen LogP contribution in [0.25, 0.3) is 11.1 Å². The fraction of sp³-hybridized carbons (Fsp3) is 0.125. The van der Waals surface area contributed by atoms with Gasteiger partial charge in [0.25, 0.3) is 0 Å². The van der Waals surface area contributed by atoms with Crippen molar-refractivity contribution in [3.63, 3.8) is 0 Å². The lowest BCUT2D eigenvalue weighted by atomic mass is 10.1. The summed E-state index contributed by atoms with van der Waals surface area (Å²) in [6, 6.07) is 8.36. The van der Waals surface area contributed by atoms with Crippen molar-refractivity contribution in [2.75, 3.05) is 0 Å². The van der Waals surface area contributed by atoms with Gasteiger partial charge in [0.1, 0.15) is 6.33 Å². The lowest BCUT2D eigenvalue weighted by Crippen LogP contribution is -2.07. The molecule has 0 amide bonds. The molecule has 0 saturated carbocycles. The topological polar surface area (TPSA) is 69.9 Å². The molecule has 0 spiro atoms. The normalized spacial score (nSPS) is 10.9. The summed E-state index contributed by atoms with van der Waals surface area (Å²) in [5.74, 6) is -0.145. The molecule has 0 N–H and O–H groups in total. The highest BCUT2D eigenvalue weighted by molar-refractivity contribution is 6.30. The molecule has 0 bridgehead atoms. The highest BCUT2D eigenvalue weighted by Crippen LogP contribution is 2.31. The van der Waals surface area contributed by atoms with Crippen molar-refractivity contribution in [1.82, 2.24) is 19.7 Å². The van der Waals surface area contributed by atoms with E-state index in [1.54, 1.807) is 30.3 Å². The number of hydrogen-bond acceptors (Lipinski definition) is 5. The zero-order valence-electron chi connectivity index (χ0n) is 12.6. The van der Waals surface area contributed by atoms with Gasteiger partial charge in [0, 0.05) is 16.8 Å². The maximum Gasteiger partial charge on any atom is 0.388 e. The zero-order valence-corrected chi connectivity index (χ0v) is 13.4. The minimum absolute atomic E-state index is 0.0562. The summed E-state index contributed by atoms with van der Waals surface area (Å²) in [6.07, 6.45) is 3.33. The second kappa shape index (κ2) is 7.35. The van der Waals surface area contributed by atoms with Gasteiger partial charge in [-0.3, -0.25) is 4.79 Å². The first-order chi connectivity index (χ1) is 12.0. The van der Waals surface area contributed by atoms with Crippen LogP contribution < -0.4 is 4.74 Å². The van der Waals surface area contributed by atoms with E-state index in [1.165, 1.54) is 17.2 Å². The zero-order chi connectivity index (χ0) is 17.8. The lowest BCUT2D eigenvalue weighted by molar-refractivity contribution is -0.0524. The summed E-state index contributed by atoms with van der Waals surface area (Å²) < 4.78 is 31.2. The van der Waals surface area contributed by atoms with Gasteiger partial charge >= 0.3 is 6.61 Å². The van der Waals surface area contributed by atoms with Crippen LogP contribution in [-0.2, 0) is 6.54 Å². The first kappa shape index (κ1) is 17.0. The van der Waals surface area contributed by atoms with Gasteiger partial charge in [-0.15, -0.1) is 5.10 Å². The third-order valence-corrected chi connectivity index (χ3v) is 3.48. The van der Waals surface area contributed by atoms with Gasteiger partial charge in [-0.2, -0.15) is 8.78 Å². The molecule has 0 radical (unpaired) electrons. The monoisotopic (exact) mass is 364 g/mol. The fourth-order valence-electron chi connectivity index (χ4n) is 2.25. The average Bonchev–Trinajstić information content (AvgIpc) is 3.03. The summed E-state index contributed by atoms with van der Waals surface area (Å²) in [5, 5.41) is 4.41. The summed E-state index contributed by atoms with van der Waals surface area (Å²) in [4.78, 5) is 18.4. The minimum Gasteiger partial charge on any atom is -0.416 e. The number of nitrogens with zero attached hydrogens (tertiary/aromatic N) is 4. The number of carbonyl (C=O) groups is 1. The van der Waals surface area contributed by atoms with Gasteiger partial charge in [0.15, 0.2) is 6.29 Å². The van der Waals surface area contributed by atoms with Crippen molar-refractivity contribution in [2.45, 2.75) is 13.2 Å². The number of ether oxygens (including phenoxy) is 1. The van der Waals surface area contributed by atoms with E-state index in [9.17, 15) is 13.6 Å². The Labute approximate surface area is 146 Å². The molecule has 0 atom stereocenters. The maximum atomic E-state index is 12.6. The van der Waals surface area contributed by atoms with E-state index in [0.29, 0.717) is 28.0 Å². The predicted molar refractivity (Wildman–Crippen MR) is 85.8 cm³/mol. The highest BCUT2D eigenvalue weighted by Gasteiger charge is 2.15. The third-order valence-electron chi connectivity index (χ3n) is 3.25. The number of hydrogen-bond donors (Lipinski definition) is 0. The second-order valence-electron chi connectivity index (χ2n) is 5.00. The van der Waals surface area contributed by atoms with Crippen molar-refractivity contribution in [3.05, 3.63) is 59.3 Å². The molecule has 0 unspecified atom stereocenters. The Bertz CT molecular complexity index is 901. The van der Waals surface area contributed by atoms with Crippen LogP contribution in [0.1, 0.15) is 16.2 Å². The molecule has 0 saturated heterocycles. The van der Waals surface area contributed by atoms with Gasteiger partial charge < -0.3 is 4.74 Å². The number of rotatable bonds is 6. The molecular weight excluding hydrogens is 354 g/mol. The summed E-state index contributed by atoms with van der Waals surface area (Å²) in [6.45, 7) is -2.74. The van der Waals surface area contributed by atoms with E-state index in [2.05, 4.69) is 19.8 Å². The SMILES string of the molecule is O=Cc1ncn(Cc2cnc(OC(F)F)c(-c3cccc(Cl)c3)c2)n1. The van der Waals surface area contributed by atoms with Crippen LogP contribution in [0, 0.1) is 0 Å². The summed E-state index contributed by atoms with van der Waals surface area (Å²) in [5.41, 5.74) is 1.62. The largest absolute Gasteiger partial charge is 0.416 e. The molecule has 128 valence electrons. The fourth-order valence-corrected chi connectivity index (χ4v) is 2.44. The number of aldehydes is 1. The van der Waals surface area contributed by atoms with Crippen LogP contribution in [0.4, 0.5) is 8.78 Å². The lowest BCUT2D eigenvalue weighted by Gasteiger charge is -2.12. The first-order valence-corrected chi connectivity index (χ1v) is 7.47. The maximum absolute atomic E-state index is 12.6. The van der Waals surface area contributed by atoms with E-state index in [0.717, 1.165) is 0 Å². The predicted octanol–water partition coefficient (Wildman–Crippen LogP) is 3.46. The Balaban J connectivity index is 1.98. The Hall–Kier alpha value is -2.87. The van der Waals surface area contributed by atoms with Gasteiger partial charge in [0.2, 0.25) is 11.7 Å². The van der Waals surface area contributed by atoms with Crippen LogP contribution in [0.2, 0.25) is 5.02 Å². The Morgan fingerprint density at radius 2 is 2.12 bits per heavy atom. The Kier molecular flexibility index (Phi) is 4.99. The van der Waals surface area contributed by atoms with Crippen molar-refractivity contribution >= 4 is 17.9 Å². The molecule has 0 aliphatic rings. The van der Waals surface area contributed by atoms with E-state index in [1.807, 2.05) is 0 Å². The van der Waals surface area contributed by atoms with Gasteiger partial charge in [-0.05, 0) is 29.3 Å². The van der Waals surface area contributed by atoms with E-state index < -0.39 is 6.61 Å². The average molecular weight is 365 g/mol. The van der Waals surface area contributed by atoms with Crippen LogP contribution >= 0.6 is 11.6 Å². The second-order valence-corrected chi connectivity index (χ2v) is 5.44. The molecule has 3 aromatic rings. The molecule has 3 rings (SSSR count). The standard InChI is InChI=1S/C16H11ClF2N4O2/c17-12-3-1-2-11(5-12)13-4-10(6-20-15(13)25-16(18)19)7-23-9-21-14(8-24)22-23/h1-6,8-9,16H,7H2.